The van der Waals surface area contributed by atoms with Gasteiger partial charge in [0.2, 0.25) is 5.96 Å². The fourth-order valence-electron chi connectivity index (χ4n) is 2.44. The van der Waals surface area contributed by atoms with E-state index in [4.69, 9.17) is 4.74 Å². The Bertz CT molecular complexity index is 700. The third-order valence-corrected chi connectivity index (χ3v) is 3.34. The number of fused-ring (bicyclic) bond motifs is 1. The van der Waals surface area contributed by atoms with Gasteiger partial charge in [0.15, 0.2) is 0 Å². The molecule has 1 aromatic carbocycles. The summed E-state index contributed by atoms with van der Waals surface area (Å²) in [5.74, 6) is 0.495. The van der Waals surface area contributed by atoms with Gasteiger partial charge in [0.1, 0.15) is 0 Å². The lowest BCUT2D eigenvalue weighted by molar-refractivity contribution is 0.0528. The van der Waals surface area contributed by atoms with E-state index in [2.05, 4.69) is 10.3 Å². The smallest absolute Gasteiger partial charge is 0.340 e. The van der Waals surface area contributed by atoms with E-state index in [-0.39, 0.29) is 5.97 Å². The zero-order valence-electron chi connectivity index (χ0n) is 11.6. The van der Waals surface area contributed by atoms with Crippen molar-refractivity contribution < 1.29 is 9.53 Å². The van der Waals surface area contributed by atoms with Crippen LogP contribution in [0, 0.1) is 6.92 Å². The topological polar surface area (TPSA) is 55.6 Å². The number of aromatic nitrogens is 1. The van der Waals surface area contributed by atoms with Crippen LogP contribution < -0.4 is 5.32 Å². The van der Waals surface area contributed by atoms with Gasteiger partial charge in [-0.05, 0) is 26.0 Å². The molecule has 1 aliphatic heterocycles. The number of carbonyl (C=O) groups excluding carboxylic acids is 1. The maximum absolute atomic E-state index is 12.1. The number of esters is 1. The molecule has 1 aliphatic rings. The zero-order chi connectivity index (χ0) is 14.1. The molecule has 1 aromatic heterocycles. The summed E-state index contributed by atoms with van der Waals surface area (Å²) in [4.78, 5) is 16.5. The SMILES string of the molecule is CCOC(=O)c1cn(C2=NCCN2)c2ccc(C)cc12. The Morgan fingerprint density at radius 1 is 1.50 bits per heavy atom. The molecule has 0 bridgehead atoms. The Morgan fingerprint density at radius 2 is 2.35 bits per heavy atom. The lowest BCUT2D eigenvalue weighted by Gasteiger charge is -2.05. The number of nitrogens with one attached hydrogen (secondary N) is 1. The number of benzene rings is 1. The molecule has 0 atom stereocenters. The lowest BCUT2D eigenvalue weighted by atomic mass is 10.1. The first-order valence-electron chi connectivity index (χ1n) is 6.78. The molecule has 20 heavy (non-hydrogen) atoms. The van der Waals surface area contributed by atoms with Crippen LogP contribution in [-0.4, -0.2) is 36.2 Å². The Morgan fingerprint density at radius 3 is 3.05 bits per heavy atom. The summed E-state index contributed by atoms with van der Waals surface area (Å²) < 4.78 is 7.06. The monoisotopic (exact) mass is 271 g/mol. The highest BCUT2D eigenvalue weighted by Crippen LogP contribution is 2.24. The van der Waals surface area contributed by atoms with E-state index in [1.807, 2.05) is 36.6 Å². The number of carbonyl (C=O) groups is 1. The van der Waals surface area contributed by atoms with Crippen LogP contribution >= 0.6 is 0 Å². The fourth-order valence-corrected chi connectivity index (χ4v) is 2.44. The fraction of sp³-hybridized carbons (Fsp3) is 0.333. The van der Waals surface area contributed by atoms with Crippen molar-refractivity contribution in [3.63, 3.8) is 0 Å². The van der Waals surface area contributed by atoms with Gasteiger partial charge < -0.3 is 10.1 Å². The molecule has 0 fully saturated rings. The van der Waals surface area contributed by atoms with Crippen molar-refractivity contribution >= 4 is 22.8 Å². The standard InChI is InChI=1S/C15H17N3O2/c1-3-20-14(19)12-9-18(15-16-6-7-17-15)13-5-4-10(2)8-11(12)13/h4-5,8-9H,3,6-7H2,1-2H3,(H,16,17). The second-order valence-electron chi connectivity index (χ2n) is 4.79. The Kier molecular flexibility index (Phi) is 3.18. The molecule has 2 aromatic rings. The summed E-state index contributed by atoms with van der Waals surface area (Å²) in [6.07, 6.45) is 1.80. The summed E-state index contributed by atoms with van der Waals surface area (Å²) in [6.45, 7) is 5.78. The molecule has 5 heteroatoms. The van der Waals surface area contributed by atoms with Gasteiger partial charge in [0.25, 0.3) is 0 Å². The number of ether oxygens (including phenoxy) is 1. The third kappa shape index (κ3) is 2.05. The van der Waals surface area contributed by atoms with Crippen LogP contribution in [0.2, 0.25) is 0 Å². The minimum atomic E-state index is -0.291. The van der Waals surface area contributed by atoms with Gasteiger partial charge in [-0.1, -0.05) is 11.6 Å². The predicted molar refractivity (Wildman–Crippen MR) is 78.3 cm³/mol. The van der Waals surface area contributed by atoms with Crippen molar-refractivity contribution in [1.82, 2.24) is 9.88 Å². The van der Waals surface area contributed by atoms with Gasteiger partial charge in [-0.2, -0.15) is 0 Å². The highest BCUT2D eigenvalue weighted by Gasteiger charge is 2.19. The van der Waals surface area contributed by atoms with Crippen molar-refractivity contribution in [2.75, 3.05) is 19.7 Å². The van der Waals surface area contributed by atoms with Crippen molar-refractivity contribution in [3.8, 4) is 0 Å². The van der Waals surface area contributed by atoms with Crippen LogP contribution in [0.15, 0.2) is 29.4 Å². The van der Waals surface area contributed by atoms with Crippen LogP contribution in [0.25, 0.3) is 10.9 Å². The molecule has 0 aliphatic carbocycles. The second kappa shape index (κ2) is 5.00. The summed E-state index contributed by atoms with van der Waals surface area (Å²) in [5.41, 5.74) is 2.66. The quantitative estimate of drug-likeness (QED) is 0.849. The molecule has 0 radical (unpaired) electrons. The number of nitrogens with zero attached hydrogens (tertiary/aromatic N) is 2. The van der Waals surface area contributed by atoms with E-state index in [1.54, 1.807) is 6.20 Å². The number of hydrogen-bond acceptors (Lipinski definition) is 4. The van der Waals surface area contributed by atoms with E-state index >= 15 is 0 Å². The molecule has 0 unspecified atom stereocenters. The number of rotatable bonds is 2. The Hall–Kier alpha value is -2.30. The molecule has 0 amide bonds. The number of aryl methyl sites for hydroxylation is 1. The third-order valence-electron chi connectivity index (χ3n) is 3.34. The van der Waals surface area contributed by atoms with E-state index in [1.165, 1.54) is 0 Å². The summed E-state index contributed by atoms with van der Waals surface area (Å²) in [6, 6.07) is 6.05. The molecule has 2 heterocycles. The van der Waals surface area contributed by atoms with E-state index in [0.29, 0.717) is 12.2 Å². The van der Waals surface area contributed by atoms with Crippen molar-refractivity contribution in [1.29, 1.82) is 0 Å². The molecule has 3 rings (SSSR count). The van der Waals surface area contributed by atoms with Gasteiger partial charge in [-0.15, -0.1) is 0 Å². The molecule has 0 spiro atoms. The van der Waals surface area contributed by atoms with Crippen molar-refractivity contribution in [2.45, 2.75) is 13.8 Å². The highest BCUT2D eigenvalue weighted by molar-refractivity contribution is 6.08. The molecule has 0 saturated carbocycles. The second-order valence-corrected chi connectivity index (χ2v) is 4.79. The maximum Gasteiger partial charge on any atom is 0.340 e. The molecule has 1 N–H and O–H groups in total. The van der Waals surface area contributed by atoms with E-state index in [9.17, 15) is 4.79 Å². The minimum absolute atomic E-state index is 0.291. The first-order chi connectivity index (χ1) is 9.70. The largest absolute Gasteiger partial charge is 0.462 e. The summed E-state index contributed by atoms with van der Waals surface area (Å²) in [5, 5.41) is 4.13. The molecule has 0 saturated heterocycles. The van der Waals surface area contributed by atoms with Crippen molar-refractivity contribution in [2.24, 2.45) is 4.99 Å². The van der Waals surface area contributed by atoms with Gasteiger partial charge in [0.05, 0.1) is 24.2 Å². The van der Waals surface area contributed by atoms with Gasteiger partial charge in [0, 0.05) is 18.1 Å². The zero-order valence-corrected chi connectivity index (χ0v) is 11.6. The number of aliphatic imine (C=N–C) groups is 1. The van der Waals surface area contributed by atoms with Gasteiger partial charge in [-0.25, -0.2) is 4.79 Å². The summed E-state index contributed by atoms with van der Waals surface area (Å²) >= 11 is 0. The Labute approximate surface area is 117 Å². The summed E-state index contributed by atoms with van der Waals surface area (Å²) in [7, 11) is 0. The Balaban J connectivity index is 2.19. The van der Waals surface area contributed by atoms with Crippen LogP contribution in [-0.2, 0) is 4.74 Å². The van der Waals surface area contributed by atoms with Crippen LogP contribution in [0.3, 0.4) is 0 Å². The van der Waals surface area contributed by atoms with Crippen LogP contribution in [0.5, 0.6) is 0 Å². The maximum atomic E-state index is 12.1. The van der Waals surface area contributed by atoms with Crippen LogP contribution in [0.1, 0.15) is 22.8 Å². The van der Waals surface area contributed by atoms with Gasteiger partial charge in [-0.3, -0.25) is 9.56 Å². The molecular formula is C15H17N3O2. The molecular weight excluding hydrogens is 254 g/mol. The van der Waals surface area contributed by atoms with Crippen molar-refractivity contribution in [3.05, 3.63) is 35.5 Å². The van der Waals surface area contributed by atoms with Gasteiger partial charge >= 0.3 is 5.97 Å². The first-order valence-corrected chi connectivity index (χ1v) is 6.78. The normalized spacial score (nSPS) is 14.2. The number of hydrogen-bond donors (Lipinski definition) is 1. The average Bonchev–Trinajstić information content (AvgIpc) is 3.04. The minimum Gasteiger partial charge on any atom is -0.462 e. The lowest BCUT2D eigenvalue weighted by Crippen LogP contribution is -2.25. The van der Waals surface area contributed by atoms with E-state index < -0.39 is 0 Å². The first kappa shape index (κ1) is 12.7. The average molecular weight is 271 g/mol. The van der Waals surface area contributed by atoms with E-state index in [0.717, 1.165) is 35.5 Å². The predicted octanol–water partition coefficient (Wildman–Crippen LogP) is 1.93. The molecule has 5 nitrogen and oxygen atoms in total. The molecule has 104 valence electrons. The highest BCUT2D eigenvalue weighted by atomic mass is 16.5. The van der Waals surface area contributed by atoms with Crippen LogP contribution in [0.4, 0.5) is 0 Å².